The number of carboxylic acid groups (broad SMARTS) is 1. The van der Waals surface area contributed by atoms with Gasteiger partial charge in [0.1, 0.15) is 12.2 Å². The number of carbonyl (C=O) groups excluding carboxylic acids is 2. The predicted molar refractivity (Wildman–Crippen MR) is 62.4 cm³/mol. The summed E-state index contributed by atoms with van der Waals surface area (Å²) in [4.78, 5) is 32.7. The van der Waals surface area contributed by atoms with E-state index >= 15 is 0 Å². The van der Waals surface area contributed by atoms with E-state index < -0.39 is 24.2 Å². The third-order valence-electron chi connectivity index (χ3n) is 2.07. The normalized spacial score (nSPS) is 9.61. The van der Waals surface area contributed by atoms with Crippen molar-refractivity contribution in [2.75, 3.05) is 12.4 Å². The summed E-state index contributed by atoms with van der Waals surface area (Å²) in [5.41, 5.74) is 5.48. The Morgan fingerprint density at radius 2 is 2.06 bits per heavy atom. The van der Waals surface area contributed by atoms with Crippen LogP contribution >= 0.6 is 0 Å². The Labute approximate surface area is 103 Å². The molecule has 1 aromatic carbocycles. The molecular weight excluding hydrogens is 240 g/mol. The van der Waals surface area contributed by atoms with Crippen LogP contribution in [0.2, 0.25) is 0 Å². The molecule has 0 heterocycles. The zero-order chi connectivity index (χ0) is 13.7. The summed E-state index contributed by atoms with van der Waals surface area (Å²) in [6, 6.07) is 4.21. The number of methoxy groups -OCH3 is 1. The molecule has 1 rings (SSSR count). The number of primary amides is 1. The molecule has 0 radical (unpaired) electrons. The molecule has 0 fully saturated rings. The molecule has 0 bridgehead atoms. The number of carbonyl (C=O) groups is 3. The van der Waals surface area contributed by atoms with Crippen molar-refractivity contribution in [3.8, 4) is 5.75 Å². The lowest BCUT2D eigenvalue weighted by Gasteiger charge is -2.10. The van der Waals surface area contributed by atoms with Crippen molar-refractivity contribution in [1.82, 2.24) is 0 Å². The quantitative estimate of drug-likeness (QED) is 0.647. The summed E-state index contributed by atoms with van der Waals surface area (Å²) < 4.78 is 4.97. The number of rotatable bonds is 5. The zero-order valence-electron chi connectivity index (χ0n) is 9.60. The van der Waals surface area contributed by atoms with Gasteiger partial charge in [-0.3, -0.25) is 14.4 Å². The molecule has 7 nitrogen and oxygen atoms in total. The van der Waals surface area contributed by atoms with Crippen LogP contribution in [0.15, 0.2) is 18.2 Å². The molecule has 0 saturated heterocycles. The van der Waals surface area contributed by atoms with Crippen molar-refractivity contribution in [2.24, 2.45) is 5.73 Å². The highest BCUT2D eigenvalue weighted by atomic mass is 16.5. The first-order chi connectivity index (χ1) is 8.43. The van der Waals surface area contributed by atoms with Crippen LogP contribution < -0.4 is 15.8 Å². The lowest BCUT2D eigenvalue weighted by Crippen LogP contribution is -2.17. The van der Waals surface area contributed by atoms with Crippen LogP contribution in [0.4, 0.5) is 5.69 Å². The van der Waals surface area contributed by atoms with E-state index in [4.69, 9.17) is 15.6 Å². The van der Waals surface area contributed by atoms with E-state index in [1.165, 1.54) is 25.3 Å². The Bertz CT molecular complexity index is 498. The molecule has 0 spiro atoms. The minimum atomic E-state index is -1.25. The molecule has 7 heteroatoms. The average molecular weight is 252 g/mol. The van der Waals surface area contributed by atoms with Gasteiger partial charge in [0.2, 0.25) is 11.8 Å². The van der Waals surface area contributed by atoms with Gasteiger partial charge < -0.3 is 20.9 Å². The summed E-state index contributed by atoms with van der Waals surface area (Å²) >= 11 is 0. The number of anilines is 1. The summed E-state index contributed by atoms with van der Waals surface area (Å²) in [7, 11) is 1.38. The standard InChI is InChI=1S/C11H12N2O5/c1-18-8-3-2-6(11(12)17)4-7(8)13-9(14)5-10(15)16/h2-4H,5H2,1H3,(H2,12,17)(H,13,14)(H,15,16). The van der Waals surface area contributed by atoms with E-state index in [0.29, 0.717) is 5.75 Å². The summed E-state index contributed by atoms with van der Waals surface area (Å²) in [6.07, 6.45) is -0.677. The second-order valence-electron chi connectivity index (χ2n) is 3.40. The molecule has 0 aliphatic rings. The molecule has 96 valence electrons. The van der Waals surface area contributed by atoms with Crippen LogP contribution in [-0.2, 0) is 9.59 Å². The zero-order valence-corrected chi connectivity index (χ0v) is 9.60. The minimum Gasteiger partial charge on any atom is -0.495 e. The molecule has 0 aliphatic heterocycles. The van der Waals surface area contributed by atoms with Gasteiger partial charge in [-0.2, -0.15) is 0 Å². The van der Waals surface area contributed by atoms with Crippen LogP contribution in [-0.4, -0.2) is 30.0 Å². The number of aliphatic carboxylic acids is 1. The fourth-order valence-electron chi connectivity index (χ4n) is 1.29. The number of amides is 2. The Morgan fingerprint density at radius 1 is 1.39 bits per heavy atom. The third kappa shape index (κ3) is 3.48. The Hall–Kier alpha value is -2.57. The first-order valence-electron chi connectivity index (χ1n) is 4.93. The molecule has 0 aliphatic carbocycles. The van der Waals surface area contributed by atoms with Gasteiger partial charge in [-0.05, 0) is 18.2 Å². The van der Waals surface area contributed by atoms with E-state index in [1.54, 1.807) is 0 Å². The van der Waals surface area contributed by atoms with E-state index in [2.05, 4.69) is 5.32 Å². The minimum absolute atomic E-state index is 0.182. The first kappa shape index (κ1) is 13.5. The van der Waals surface area contributed by atoms with Crippen molar-refractivity contribution in [1.29, 1.82) is 0 Å². The van der Waals surface area contributed by atoms with Gasteiger partial charge in [0.05, 0.1) is 12.8 Å². The number of nitrogens with one attached hydrogen (secondary N) is 1. The SMILES string of the molecule is COc1ccc(C(N)=O)cc1NC(=O)CC(=O)O. The Morgan fingerprint density at radius 3 is 2.56 bits per heavy atom. The van der Waals surface area contributed by atoms with Crippen LogP contribution in [0.1, 0.15) is 16.8 Å². The smallest absolute Gasteiger partial charge is 0.312 e. The van der Waals surface area contributed by atoms with E-state index in [0.717, 1.165) is 0 Å². The second-order valence-corrected chi connectivity index (χ2v) is 3.40. The lowest BCUT2D eigenvalue weighted by atomic mass is 10.1. The van der Waals surface area contributed by atoms with Crippen LogP contribution in [0.3, 0.4) is 0 Å². The number of nitrogens with two attached hydrogens (primary N) is 1. The van der Waals surface area contributed by atoms with Gasteiger partial charge in [0, 0.05) is 5.56 Å². The van der Waals surface area contributed by atoms with Crippen LogP contribution in [0.5, 0.6) is 5.75 Å². The average Bonchev–Trinajstić information content (AvgIpc) is 2.27. The lowest BCUT2D eigenvalue weighted by molar-refractivity contribution is -0.139. The highest BCUT2D eigenvalue weighted by Gasteiger charge is 2.12. The Kier molecular flexibility index (Phi) is 4.25. The number of hydrogen-bond acceptors (Lipinski definition) is 4. The van der Waals surface area contributed by atoms with Gasteiger partial charge in [-0.15, -0.1) is 0 Å². The monoisotopic (exact) mass is 252 g/mol. The maximum absolute atomic E-state index is 11.3. The summed E-state index contributed by atoms with van der Waals surface area (Å²) in [5.74, 6) is -2.33. The molecule has 18 heavy (non-hydrogen) atoms. The number of hydrogen-bond donors (Lipinski definition) is 3. The maximum atomic E-state index is 11.3. The molecule has 0 saturated carbocycles. The second kappa shape index (κ2) is 5.67. The molecule has 0 aromatic heterocycles. The molecule has 0 atom stereocenters. The third-order valence-corrected chi connectivity index (χ3v) is 2.07. The summed E-state index contributed by atoms with van der Waals surface area (Å²) in [5, 5.41) is 10.8. The largest absolute Gasteiger partial charge is 0.495 e. The number of benzene rings is 1. The molecular formula is C11H12N2O5. The number of carboxylic acids is 1. The summed E-state index contributed by atoms with van der Waals surface area (Å²) in [6.45, 7) is 0. The van der Waals surface area contributed by atoms with Crippen LogP contribution in [0.25, 0.3) is 0 Å². The van der Waals surface area contributed by atoms with Crippen molar-refractivity contribution < 1.29 is 24.2 Å². The fraction of sp³-hybridized carbons (Fsp3) is 0.182. The molecule has 4 N–H and O–H groups in total. The van der Waals surface area contributed by atoms with Crippen molar-refractivity contribution >= 4 is 23.5 Å². The van der Waals surface area contributed by atoms with E-state index in [-0.39, 0.29) is 11.3 Å². The van der Waals surface area contributed by atoms with E-state index in [9.17, 15) is 14.4 Å². The maximum Gasteiger partial charge on any atom is 0.312 e. The Balaban J connectivity index is 2.97. The topological polar surface area (TPSA) is 119 Å². The number of ether oxygens (including phenoxy) is 1. The van der Waals surface area contributed by atoms with Gasteiger partial charge >= 0.3 is 5.97 Å². The van der Waals surface area contributed by atoms with Crippen LogP contribution in [0, 0.1) is 0 Å². The highest BCUT2D eigenvalue weighted by Crippen LogP contribution is 2.25. The van der Waals surface area contributed by atoms with Crippen molar-refractivity contribution in [3.05, 3.63) is 23.8 Å². The van der Waals surface area contributed by atoms with Crippen molar-refractivity contribution in [2.45, 2.75) is 6.42 Å². The predicted octanol–water partition coefficient (Wildman–Crippen LogP) is 0.207. The van der Waals surface area contributed by atoms with Gasteiger partial charge in [0.25, 0.3) is 0 Å². The molecule has 2 amide bonds. The fourth-order valence-corrected chi connectivity index (χ4v) is 1.29. The molecule has 1 aromatic rings. The van der Waals surface area contributed by atoms with Gasteiger partial charge in [-0.25, -0.2) is 0 Å². The highest BCUT2D eigenvalue weighted by molar-refractivity contribution is 6.03. The van der Waals surface area contributed by atoms with Crippen molar-refractivity contribution in [3.63, 3.8) is 0 Å². The first-order valence-corrected chi connectivity index (χ1v) is 4.93. The molecule has 0 unspecified atom stereocenters. The van der Waals surface area contributed by atoms with Gasteiger partial charge in [0.15, 0.2) is 0 Å². The van der Waals surface area contributed by atoms with Gasteiger partial charge in [-0.1, -0.05) is 0 Å². The van der Waals surface area contributed by atoms with E-state index in [1.807, 2.05) is 0 Å².